The molecular weight excluding hydrogens is 320 g/mol. The van der Waals surface area contributed by atoms with Crippen molar-refractivity contribution in [2.45, 2.75) is 27.2 Å². The third kappa shape index (κ3) is 4.11. The summed E-state index contributed by atoms with van der Waals surface area (Å²) >= 11 is 0. The molecule has 1 saturated heterocycles. The zero-order chi connectivity index (χ0) is 17.8. The highest BCUT2D eigenvalue weighted by atomic mass is 16.5. The van der Waals surface area contributed by atoms with E-state index in [9.17, 15) is 4.79 Å². The van der Waals surface area contributed by atoms with E-state index in [4.69, 9.17) is 9.26 Å². The Hall–Kier alpha value is -2.12. The largest absolute Gasteiger partial charge is 0.379 e. The van der Waals surface area contributed by atoms with Crippen molar-refractivity contribution < 1.29 is 14.1 Å². The highest BCUT2D eigenvalue weighted by Gasteiger charge is 2.18. The lowest BCUT2D eigenvalue weighted by Crippen LogP contribution is -2.38. The fraction of sp³-hybridized carbons (Fsp3) is 0.556. The number of carbonyl (C=O) groups is 1. The second-order valence-corrected chi connectivity index (χ2v) is 6.48. The van der Waals surface area contributed by atoms with Gasteiger partial charge in [-0.25, -0.2) is 0 Å². The molecule has 0 aliphatic carbocycles. The van der Waals surface area contributed by atoms with Crippen LogP contribution in [0, 0.1) is 20.8 Å². The SMILES string of the molecule is Cc1cc(-n2c(C)cc(C(=O)NCCCN3CCOCC3)c2C)no1. The molecule has 0 spiro atoms. The van der Waals surface area contributed by atoms with E-state index in [0.717, 1.165) is 56.4 Å². The number of aromatic nitrogens is 2. The van der Waals surface area contributed by atoms with Gasteiger partial charge in [-0.1, -0.05) is 5.16 Å². The lowest BCUT2D eigenvalue weighted by atomic mass is 10.2. The van der Waals surface area contributed by atoms with E-state index in [1.165, 1.54) is 0 Å². The molecule has 1 aliphatic rings. The molecule has 0 saturated carbocycles. The maximum atomic E-state index is 12.5. The zero-order valence-electron chi connectivity index (χ0n) is 15.2. The van der Waals surface area contributed by atoms with Crippen molar-refractivity contribution in [3.63, 3.8) is 0 Å². The van der Waals surface area contributed by atoms with Gasteiger partial charge in [-0.2, -0.15) is 0 Å². The van der Waals surface area contributed by atoms with Crippen LogP contribution in [0.4, 0.5) is 0 Å². The Labute approximate surface area is 147 Å². The van der Waals surface area contributed by atoms with Gasteiger partial charge in [0.15, 0.2) is 5.82 Å². The van der Waals surface area contributed by atoms with Crippen LogP contribution in [0.1, 0.15) is 33.9 Å². The molecule has 0 unspecified atom stereocenters. The monoisotopic (exact) mass is 346 g/mol. The lowest BCUT2D eigenvalue weighted by Gasteiger charge is -2.26. The van der Waals surface area contributed by atoms with Crippen LogP contribution in [-0.2, 0) is 4.74 Å². The molecule has 2 aromatic heterocycles. The normalized spacial score (nSPS) is 15.5. The minimum absolute atomic E-state index is 0.0402. The molecule has 2 aromatic rings. The topological polar surface area (TPSA) is 72.5 Å². The van der Waals surface area contributed by atoms with Crippen LogP contribution in [0.15, 0.2) is 16.7 Å². The minimum Gasteiger partial charge on any atom is -0.379 e. The Morgan fingerprint density at radius 1 is 1.24 bits per heavy atom. The molecule has 1 amide bonds. The van der Waals surface area contributed by atoms with Gasteiger partial charge in [-0.05, 0) is 39.8 Å². The first-order chi connectivity index (χ1) is 12.1. The molecule has 0 atom stereocenters. The molecule has 0 aromatic carbocycles. The minimum atomic E-state index is -0.0402. The first kappa shape index (κ1) is 17.7. The maximum absolute atomic E-state index is 12.5. The van der Waals surface area contributed by atoms with Gasteiger partial charge >= 0.3 is 0 Å². The summed E-state index contributed by atoms with van der Waals surface area (Å²) in [7, 11) is 0. The molecule has 7 nitrogen and oxygen atoms in total. The van der Waals surface area contributed by atoms with E-state index in [1.807, 2.05) is 37.5 Å². The first-order valence-corrected chi connectivity index (χ1v) is 8.77. The van der Waals surface area contributed by atoms with Gasteiger partial charge < -0.3 is 14.6 Å². The van der Waals surface area contributed by atoms with E-state index in [2.05, 4.69) is 15.4 Å². The van der Waals surface area contributed by atoms with Gasteiger partial charge in [0.1, 0.15) is 5.76 Å². The Morgan fingerprint density at radius 3 is 2.68 bits per heavy atom. The Bertz CT molecular complexity index is 729. The van der Waals surface area contributed by atoms with Gasteiger partial charge in [-0.15, -0.1) is 0 Å². The molecule has 3 heterocycles. The van der Waals surface area contributed by atoms with Crippen molar-refractivity contribution in [2.24, 2.45) is 0 Å². The second kappa shape index (κ2) is 7.84. The third-order valence-corrected chi connectivity index (χ3v) is 4.56. The molecule has 1 N–H and O–H groups in total. The molecular formula is C18H26N4O3. The van der Waals surface area contributed by atoms with Gasteiger partial charge in [0.25, 0.3) is 5.91 Å². The molecule has 7 heteroatoms. The number of carbonyl (C=O) groups excluding carboxylic acids is 1. The first-order valence-electron chi connectivity index (χ1n) is 8.77. The van der Waals surface area contributed by atoms with E-state index in [1.54, 1.807) is 0 Å². The Kier molecular flexibility index (Phi) is 5.55. The van der Waals surface area contributed by atoms with Gasteiger partial charge in [0.2, 0.25) is 0 Å². The highest BCUT2D eigenvalue weighted by Crippen LogP contribution is 2.20. The molecule has 136 valence electrons. The van der Waals surface area contributed by atoms with Crippen molar-refractivity contribution in [1.29, 1.82) is 0 Å². The number of amides is 1. The summed E-state index contributed by atoms with van der Waals surface area (Å²) in [5.41, 5.74) is 2.52. The van der Waals surface area contributed by atoms with Gasteiger partial charge in [0, 0.05) is 37.1 Å². The average Bonchev–Trinajstić information content (AvgIpc) is 3.15. The highest BCUT2D eigenvalue weighted by molar-refractivity contribution is 5.95. The molecule has 1 fully saturated rings. The summed E-state index contributed by atoms with van der Waals surface area (Å²) in [6.45, 7) is 11.0. The molecule has 1 aliphatic heterocycles. The number of hydrogen-bond acceptors (Lipinski definition) is 5. The van der Waals surface area contributed by atoms with Crippen LogP contribution in [0.25, 0.3) is 5.82 Å². The summed E-state index contributed by atoms with van der Waals surface area (Å²) in [5, 5.41) is 7.07. The fourth-order valence-corrected chi connectivity index (χ4v) is 3.23. The van der Waals surface area contributed by atoms with Crippen LogP contribution >= 0.6 is 0 Å². The summed E-state index contributed by atoms with van der Waals surface area (Å²) in [6, 6.07) is 3.76. The number of ether oxygens (including phenoxy) is 1. The average molecular weight is 346 g/mol. The van der Waals surface area contributed by atoms with Crippen LogP contribution in [0.2, 0.25) is 0 Å². The molecule has 0 radical (unpaired) electrons. The Balaban J connectivity index is 1.57. The van der Waals surface area contributed by atoms with Crippen molar-refractivity contribution in [1.82, 2.24) is 19.9 Å². The van der Waals surface area contributed by atoms with Crippen LogP contribution in [-0.4, -0.2) is 59.9 Å². The predicted octanol–water partition coefficient (Wildman–Crippen LogP) is 1.84. The summed E-state index contributed by atoms with van der Waals surface area (Å²) in [6.07, 6.45) is 0.937. The van der Waals surface area contributed by atoms with Crippen LogP contribution in [0.5, 0.6) is 0 Å². The van der Waals surface area contributed by atoms with Gasteiger partial charge in [-0.3, -0.25) is 14.3 Å². The smallest absolute Gasteiger partial charge is 0.253 e. The lowest BCUT2D eigenvalue weighted by molar-refractivity contribution is 0.0374. The summed E-state index contributed by atoms with van der Waals surface area (Å²) < 4.78 is 12.4. The standard InChI is InChI=1S/C18H26N4O3/c1-13-11-16(15(3)22(13)17-12-14(2)25-20-17)18(23)19-5-4-6-21-7-9-24-10-8-21/h11-12H,4-10H2,1-3H3,(H,19,23). The number of morpholine rings is 1. The van der Waals surface area contributed by atoms with Crippen LogP contribution in [0.3, 0.4) is 0 Å². The quantitative estimate of drug-likeness (QED) is 0.808. The molecule has 25 heavy (non-hydrogen) atoms. The van der Waals surface area contributed by atoms with Gasteiger partial charge in [0.05, 0.1) is 18.8 Å². The Morgan fingerprint density at radius 2 is 2.00 bits per heavy atom. The predicted molar refractivity (Wildman–Crippen MR) is 94.3 cm³/mol. The molecule has 3 rings (SSSR count). The fourth-order valence-electron chi connectivity index (χ4n) is 3.23. The van der Waals surface area contributed by atoms with E-state index in [-0.39, 0.29) is 5.91 Å². The van der Waals surface area contributed by atoms with E-state index in [0.29, 0.717) is 17.9 Å². The summed E-state index contributed by atoms with van der Waals surface area (Å²) in [5.74, 6) is 1.41. The zero-order valence-corrected chi connectivity index (χ0v) is 15.2. The third-order valence-electron chi connectivity index (χ3n) is 4.56. The van der Waals surface area contributed by atoms with E-state index >= 15 is 0 Å². The number of aryl methyl sites for hydroxylation is 2. The van der Waals surface area contributed by atoms with Crippen molar-refractivity contribution in [3.05, 3.63) is 34.8 Å². The summed E-state index contributed by atoms with van der Waals surface area (Å²) in [4.78, 5) is 14.9. The maximum Gasteiger partial charge on any atom is 0.253 e. The number of rotatable bonds is 6. The molecule has 0 bridgehead atoms. The van der Waals surface area contributed by atoms with Crippen LogP contribution < -0.4 is 5.32 Å². The van der Waals surface area contributed by atoms with Crippen molar-refractivity contribution in [2.75, 3.05) is 39.4 Å². The number of nitrogens with one attached hydrogen (secondary N) is 1. The van der Waals surface area contributed by atoms with Crippen molar-refractivity contribution >= 4 is 5.91 Å². The number of hydrogen-bond donors (Lipinski definition) is 1. The van der Waals surface area contributed by atoms with E-state index < -0.39 is 0 Å². The van der Waals surface area contributed by atoms with Crippen molar-refractivity contribution in [3.8, 4) is 5.82 Å². The second-order valence-electron chi connectivity index (χ2n) is 6.48. The number of nitrogens with zero attached hydrogens (tertiary/aromatic N) is 3.